The lowest BCUT2D eigenvalue weighted by molar-refractivity contribution is -0.136. The number of aliphatic hydroxyl groups is 2. The largest absolute Gasteiger partial charge is 0.497 e. The van der Waals surface area contributed by atoms with E-state index in [0.29, 0.717) is 30.3 Å². The lowest BCUT2D eigenvalue weighted by Gasteiger charge is -2.31. The third-order valence-electron chi connectivity index (χ3n) is 5.79. The Bertz CT molecular complexity index is 702. The second-order valence-electron chi connectivity index (χ2n) is 7.90. The maximum atomic E-state index is 12.5. The van der Waals surface area contributed by atoms with Crippen LogP contribution in [-0.2, 0) is 9.53 Å². The number of nitrogens with zero attached hydrogens (tertiary/aromatic N) is 1. The molecule has 2 aliphatic heterocycles. The summed E-state index contributed by atoms with van der Waals surface area (Å²) in [6.45, 7) is 3.64. The predicted molar refractivity (Wildman–Crippen MR) is 106 cm³/mol. The van der Waals surface area contributed by atoms with E-state index in [0.717, 1.165) is 12.8 Å². The molecule has 29 heavy (non-hydrogen) atoms. The Labute approximate surface area is 170 Å². The lowest BCUT2D eigenvalue weighted by Crippen LogP contribution is -2.41. The molecule has 4 unspecified atom stereocenters. The van der Waals surface area contributed by atoms with Crippen LogP contribution in [0, 0.1) is 5.92 Å². The molecule has 2 amide bonds. The highest BCUT2D eigenvalue weighted by molar-refractivity contribution is 5.94. The third-order valence-corrected chi connectivity index (χ3v) is 5.79. The lowest BCUT2D eigenvalue weighted by atomic mass is 9.98. The molecule has 0 aliphatic carbocycles. The number of methoxy groups -OCH3 is 1. The number of hydrogen-bond donors (Lipinski definition) is 3. The molecule has 8 heteroatoms. The van der Waals surface area contributed by atoms with Gasteiger partial charge in [0.25, 0.3) is 5.91 Å². The number of piperidine rings is 1. The average Bonchev–Trinajstić information content (AvgIpc) is 3.00. The zero-order valence-electron chi connectivity index (χ0n) is 16.9. The molecule has 1 aromatic carbocycles. The predicted octanol–water partition coefficient (Wildman–Crippen LogP) is 0.563. The van der Waals surface area contributed by atoms with E-state index in [1.165, 1.54) is 0 Å². The second kappa shape index (κ2) is 9.56. The van der Waals surface area contributed by atoms with Crippen LogP contribution in [0.2, 0.25) is 0 Å². The Kier molecular flexibility index (Phi) is 7.10. The van der Waals surface area contributed by atoms with Gasteiger partial charge in [0.2, 0.25) is 5.91 Å². The van der Waals surface area contributed by atoms with Crippen molar-refractivity contribution in [2.75, 3.05) is 26.7 Å². The number of ether oxygens (including phenoxy) is 2. The van der Waals surface area contributed by atoms with E-state index < -0.39 is 24.4 Å². The van der Waals surface area contributed by atoms with Gasteiger partial charge in [-0.15, -0.1) is 0 Å². The van der Waals surface area contributed by atoms with Crippen molar-refractivity contribution in [3.05, 3.63) is 29.8 Å². The van der Waals surface area contributed by atoms with Gasteiger partial charge in [0, 0.05) is 25.2 Å². The van der Waals surface area contributed by atoms with Crippen molar-refractivity contribution in [1.29, 1.82) is 0 Å². The molecule has 0 spiro atoms. The summed E-state index contributed by atoms with van der Waals surface area (Å²) in [6, 6.07) is 6.64. The normalized spacial score (nSPS) is 27.7. The van der Waals surface area contributed by atoms with Crippen LogP contribution in [0.15, 0.2) is 24.3 Å². The first kappa shape index (κ1) is 21.5. The fourth-order valence-electron chi connectivity index (χ4n) is 3.76. The molecule has 4 atom stereocenters. The first-order valence-corrected chi connectivity index (χ1v) is 10.1. The molecule has 160 valence electrons. The zero-order valence-corrected chi connectivity index (χ0v) is 16.9. The number of aliphatic hydroxyl groups excluding tert-OH is 2. The Morgan fingerprint density at radius 3 is 2.38 bits per heavy atom. The number of carbonyl (C=O) groups excluding carboxylic acids is 2. The third kappa shape index (κ3) is 5.26. The topological polar surface area (TPSA) is 108 Å². The monoisotopic (exact) mass is 406 g/mol. The van der Waals surface area contributed by atoms with Crippen LogP contribution in [-0.4, -0.2) is 78.1 Å². The second-order valence-corrected chi connectivity index (χ2v) is 7.90. The van der Waals surface area contributed by atoms with E-state index >= 15 is 0 Å². The standard InChI is InChI=1S/C21H30N2O6/c1-13-7-9-23(10-8-13)18(24)11-16-19(25)20(26)17(29-16)12-22-21(27)14-3-5-15(28-2)6-4-14/h3-6,13,16-17,19-20,25-26H,7-12H2,1-2H3,(H,22,27). The molecular formula is C21H30N2O6. The minimum absolute atomic E-state index is 0.0233. The van der Waals surface area contributed by atoms with Crippen LogP contribution in [0.5, 0.6) is 5.75 Å². The minimum Gasteiger partial charge on any atom is -0.497 e. The number of hydrogen-bond acceptors (Lipinski definition) is 6. The summed E-state index contributed by atoms with van der Waals surface area (Å²) in [6.07, 6.45) is -1.90. The van der Waals surface area contributed by atoms with E-state index in [4.69, 9.17) is 9.47 Å². The van der Waals surface area contributed by atoms with Crippen LogP contribution in [0.25, 0.3) is 0 Å². The average molecular weight is 406 g/mol. The molecule has 3 rings (SSSR count). The van der Waals surface area contributed by atoms with Gasteiger partial charge in [-0.05, 0) is 43.0 Å². The van der Waals surface area contributed by atoms with Gasteiger partial charge < -0.3 is 29.9 Å². The van der Waals surface area contributed by atoms with Gasteiger partial charge in [-0.1, -0.05) is 6.92 Å². The molecule has 1 aromatic rings. The maximum Gasteiger partial charge on any atom is 0.251 e. The summed E-state index contributed by atoms with van der Waals surface area (Å²) in [5.41, 5.74) is 0.449. The summed E-state index contributed by atoms with van der Waals surface area (Å²) in [5, 5.41) is 23.3. The number of rotatable bonds is 6. The number of likely N-dealkylation sites (tertiary alicyclic amines) is 1. The SMILES string of the molecule is COc1ccc(C(=O)NCC2OC(CC(=O)N3CCC(C)CC3)C(O)C2O)cc1. The van der Waals surface area contributed by atoms with Gasteiger partial charge in [0.15, 0.2) is 0 Å². The molecule has 2 aliphatic rings. The number of amides is 2. The molecule has 2 heterocycles. The molecule has 0 bridgehead atoms. The zero-order chi connectivity index (χ0) is 21.0. The molecule has 2 saturated heterocycles. The first-order valence-electron chi connectivity index (χ1n) is 10.1. The molecule has 0 radical (unpaired) electrons. The summed E-state index contributed by atoms with van der Waals surface area (Å²) in [5.74, 6) is 0.874. The molecule has 8 nitrogen and oxygen atoms in total. The van der Waals surface area contributed by atoms with Gasteiger partial charge in [-0.3, -0.25) is 9.59 Å². The summed E-state index contributed by atoms with van der Waals surface area (Å²) < 4.78 is 10.8. The Hall–Kier alpha value is -2.16. The molecule has 2 fully saturated rings. The first-order chi connectivity index (χ1) is 13.9. The summed E-state index contributed by atoms with van der Waals surface area (Å²) >= 11 is 0. The smallest absolute Gasteiger partial charge is 0.251 e. The molecule has 0 saturated carbocycles. The van der Waals surface area contributed by atoms with Crippen molar-refractivity contribution >= 4 is 11.8 Å². The molecule has 3 N–H and O–H groups in total. The summed E-state index contributed by atoms with van der Waals surface area (Å²) in [7, 11) is 1.55. The van der Waals surface area contributed by atoms with Crippen molar-refractivity contribution in [3.8, 4) is 5.75 Å². The number of carbonyl (C=O) groups is 2. The van der Waals surface area contributed by atoms with E-state index in [-0.39, 0.29) is 24.8 Å². The van der Waals surface area contributed by atoms with Crippen molar-refractivity contribution in [2.24, 2.45) is 5.92 Å². The van der Waals surface area contributed by atoms with Crippen molar-refractivity contribution in [3.63, 3.8) is 0 Å². The number of benzene rings is 1. The Morgan fingerprint density at radius 2 is 1.76 bits per heavy atom. The fourth-order valence-corrected chi connectivity index (χ4v) is 3.76. The van der Waals surface area contributed by atoms with Crippen LogP contribution >= 0.6 is 0 Å². The van der Waals surface area contributed by atoms with Crippen molar-refractivity contribution in [2.45, 2.75) is 50.6 Å². The number of nitrogens with one attached hydrogen (secondary N) is 1. The highest BCUT2D eigenvalue weighted by Crippen LogP contribution is 2.25. The fraction of sp³-hybridized carbons (Fsp3) is 0.619. The van der Waals surface area contributed by atoms with Crippen LogP contribution < -0.4 is 10.1 Å². The van der Waals surface area contributed by atoms with Crippen LogP contribution in [0.1, 0.15) is 36.5 Å². The molecular weight excluding hydrogens is 376 g/mol. The van der Waals surface area contributed by atoms with Gasteiger partial charge >= 0.3 is 0 Å². The van der Waals surface area contributed by atoms with Crippen molar-refractivity contribution in [1.82, 2.24) is 10.2 Å². The van der Waals surface area contributed by atoms with Crippen LogP contribution in [0.3, 0.4) is 0 Å². The maximum absolute atomic E-state index is 12.5. The highest BCUT2D eigenvalue weighted by Gasteiger charge is 2.44. The van der Waals surface area contributed by atoms with Gasteiger partial charge in [0.05, 0.1) is 19.6 Å². The Morgan fingerprint density at radius 1 is 1.14 bits per heavy atom. The van der Waals surface area contributed by atoms with E-state index in [2.05, 4.69) is 12.2 Å². The minimum atomic E-state index is -1.16. The van der Waals surface area contributed by atoms with Crippen LogP contribution in [0.4, 0.5) is 0 Å². The molecule has 0 aromatic heterocycles. The quantitative estimate of drug-likeness (QED) is 0.637. The van der Waals surface area contributed by atoms with E-state index in [1.54, 1.807) is 36.3 Å². The van der Waals surface area contributed by atoms with Crippen molar-refractivity contribution < 1.29 is 29.3 Å². The highest BCUT2D eigenvalue weighted by atomic mass is 16.5. The van der Waals surface area contributed by atoms with E-state index in [9.17, 15) is 19.8 Å². The summed E-state index contributed by atoms with van der Waals surface area (Å²) in [4.78, 5) is 26.6. The van der Waals surface area contributed by atoms with Gasteiger partial charge in [-0.25, -0.2) is 0 Å². The Balaban J connectivity index is 1.49. The van der Waals surface area contributed by atoms with Gasteiger partial charge in [-0.2, -0.15) is 0 Å². The van der Waals surface area contributed by atoms with E-state index in [1.807, 2.05) is 0 Å². The van der Waals surface area contributed by atoms with Gasteiger partial charge in [0.1, 0.15) is 24.1 Å².